The summed E-state index contributed by atoms with van der Waals surface area (Å²) in [6.07, 6.45) is 0. The van der Waals surface area contributed by atoms with Crippen LogP contribution >= 0.6 is 0 Å². The summed E-state index contributed by atoms with van der Waals surface area (Å²) in [6, 6.07) is 6.25. The molecule has 0 spiro atoms. The van der Waals surface area contributed by atoms with Gasteiger partial charge in [0.25, 0.3) is 0 Å². The minimum absolute atomic E-state index is 0.0478. The summed E-state index contributed by atoms with van der Waals surface area (Å²) >= 11 is 0. The molecule has 0 unspecified atom stereocenters. The molecule has 0 saturated heterocycles. The van der Waals surface area contributed by atoms with Gasteiger partial charge >= 0.3 is 0 Å². The molecule has 0 radical (unpaired) electrons. The summed E-state index contributed by atoms with van der Waals surface area (Å²) in [7, 11) is 0. The number of hydrogen-bond acceptors (Lipinski definition) is 2. The number of carbonyl (C=O) groups excluding carboxylic acids is 1. The molecule has 106 valence electrons. The van der Waals surface area contributed by atoms with Gasteiger partial charge in [-0.05, 0) is 29.9 Å². The van der Waals surface area contributed by atoms with E-state index >= 15 is 0 Å². The highest BCUT2D eigenvalue weighted by molar-refractivity contribution is 5.81. The van der Waals surface area contributed by atoms with Gasteiger partial charge in [0, 0.05) is 12.2 Å². The second-order valence-corrected chi connectivity index (χ2v) is 5.75. The Bertz CT molecular complexity index is 425. The van der Waals surface area contributed by atoms with Crippen molar-refractivity contribution in [2.45, 2.75) is 40.5 Å². The van der Waals surface area contributed by atoms with Crippen molar-refractivity contribution in [3.63, 3.8) is 0 Å². The molecule has 19 heavy (non-hydrogen) atoms. The average molecular weight is 262 g/mol. The molecule has 3 nitrogen and oxygen atoms in total. The van der Waals surface area contributed by atoms with Gasteiger partial charge in [0.05, 0.1) is 6.54 Å². The van der Waals surface area contributed by atoms with E-state index in [0.29, 0.717) is 18.4 Å². The van der Waals surface area contributed by atoms with Gasteiger partial charge in [-0.15, -0.1) is 0 Å². The Labute approximate surface area is 116 Å². The van der Waals surface area contributed by atoms with E-state index in [-0.39, 0.29) is 5.91 Å². The van der Waals surface area contributed by atoms with E-state index in [9.17, 15) is 4.79 Å². The van der Waals surface area contributed by atoms with Gasteiger partial charge in [-0.1, -0.05) is 45.9 Å². The summed E-state index contributed by atoms with van der Waals surface area (Å²) in [5.74, 6) is 0.974. The molecule has 0 saturated carbocycles. The zero-order valence-corrected chi connectivity index (χ0v) is 12.7. The maximum atomic E-state index is 11.7. The number of benzene rings is 1. The minimum Gasteiger partial charge on any atom is -0.376 e. The topological polar surface area (TPSA) is 41.1 Å². The van der Waals surface area contributed by atoms with Crippen molar-refractivity contribution in [1.29, 1.82) is 0 Å². The third kappa shape index (κ3) is 4.93. The molecule has 0 aliphatic heterocycles. The highest BCUT2D eigenvalue weighted by Crippen LogP contribution is 2.27. The number of anilines is 1. The molecular weight excluding hydrogens is 236 g/mol. The Morgan fingerprint density at radius 2 is 1.89 bits per heavy atom. The zero-order valence-electron chi connectivity index (χ0n) is 12.7. The highest BCUT2D eigenvalue weighted by atomic mass is 16.1. The number of carbonyl (C=O) groups is 1. The number of rotatable bonds is 6. The van der Waals surface area contributed by atoms with Crippen molar-refractivity contribution < 1.29 is 4.79 Å². The maximum Gasteiger partial charge on any atom is 0.239 e. The summed E-state index contributed by atoms with van der Waals surface area (Å²) < 4.78 is 0. The second kappa shape index (κ2) is 7.17. The molecule has 0 bridgehead atoms. The van der Waals surface area contributed by atoms with Crippen LogP contribution in [0.25, 0.3) is 0 Å². The van der Waals surface area contributed by atoms with Crippen LogP contribution in [0, 0.1) is 12.8 Å². The summed E-state index contributed by atoms with van der Waals surface area (Å²) in [4.78, 5) is 11.7. The van der Waals surface area contributed by atoms with E-state index in [4.69, 9.17) is 0 Å². The lowest BCUT2D eigenvalue weighted by Gasteiger charge is -2.17. The lowest BCUT2D eigenvalue weighted by Crippen LogP contribution is -2.32. The summed E-state index contributed by atoms with van der Waals surface area (Å²) in [5.41, 5.74) is 3.54. The molecule has 1 amide bonds. The van der Waals surface area contributed by atoms with Crippen LogP contribution in [0.4, 0.5) is 5.69 Å². The first kappa shape index (κ1) is 15.5. The molecular formula is C16H26N2O. The SMILES string of the molecule is Cc1cccc(C(C)C)c1NCC(=O)NCC(C)C. The van der Waals surface area contributed by atoms with Gasteiger partial charge in [-0.3, -0.25) is 4.79 Å². The normalized spacial score (nSPS) is 10.9. The van der Waals surface area contributed by atoms with Crippen LogP contribution in [0.1, 0.15) is 44.7 Å². The minimum atomic E-state index is 0.0478. The molecule has 0 heterocycles. The second-order valence-electron chi connectivity index (χ2n) is 5.75. The molecule has 1 aromatic carbocycles. The molecule has 0 aromatic heterocycles. The van der Waals surface area contributed by atoms with Crippen molar-refractivity contribution in [3.05, 3.63) is 29.3 Å². The molecule has 0 fully saturated rings. The van der Waals surface area contributed by atoms with Crippen molar-refractivity contribution in [3.8, 4) is 0 Å². The number of aryl methyl sites for hydroxylation is 1. The van der Waals surface area contributed by atoms with Crippen LogP contribution in [0.2, 0.25) is 0 Å². The van der Waals surface area contributed by atoms with Crippen LogP contribution in [-0.4, -0.2) is 19.0 Å². The smallest absolute Gasteiger partial charge is 0.239 e. The van der Waals surface area contributed by atoms with Crippen LogP contribution in [-0.2, 0) is 4.79 Å². The number of amides is 1. The zero-order chi connectivity index (χ0) is 14.4. The fourth-order valence-electron chi connectivity index (χ4n) is 1.96. The largest absolute Gasteiger partial charge is 0.376 e. The van der Waals surface area contributed by atoms with Gasteiger partial charge in [-0.25, -0.2) is 0 Å². The van der Waals surface area contributed by atoms with E-state index in [1.165, 1.54) is 11.1 Å². The lowest BCUT2D eigenvalue weighted by atomic mass is 9.98. The predicted octanol–water partition coefficient (Wildman–Crippen LogP) is 3.30. The first-order valence-electron chi connectivity index (χ1n) is 7.02. The third-order valence-corrected chi connectivity index (χ3v) is 3.06. The third-order valence-electron chi connectivity index (χ3n) is 3.06. The van der Waals surface area contributed by atoms with Gasteiger partial charge in [0.1, 0.15) is 0 Å². The molecule has 0 atom stereocenters. The van der Waals surface area contributed by atoms with Crippen molar-refractivity contribution in [2.24, 2.45) is 5.92 Å². The number of hydrogen-bond donors (Lipinski definition) is 2. The molecule has 2 N–H and O–H groups in total. The van der Waals surface area contributed by atoms with Gasteiger partial charge in [0.2, 0.25) is 5.91 Å². The van der Waals surface area contributed by atoms with Crippen LogP contribution in [0.5, 0.6) is 0 Å². The Kier molecular flexibility index (Phi) is 5.87. The van der Waals surface area contributed by atoms with Crippen molar-refractivity contribution in [1.82, 2.24) is 5.32 Å². The van der Waals surface area contributed by atoms with Crippen LogP contribution in [0.3, 0.4) is 0 Å². The highest BCUT2D eigenvalue weighted by Gasteiger charge is 2.10. The molecule has 1 rings (SSSR count). The Morgan fingerprint density at radius 3 is 2.47 bits per heavy atom. The predicted molar refractivity (Wildman–Crippen MR) is 81.6 cm³/mol. The van der Waals surface area contributed by atoms with Crippen LogP contribution < -0.4 is 10.6 Å². The van der Waals surface area contributed by atoms with Gasteiger partial charge < -0.3 is 10.6 Å². The van der Waals surface area contributed by atoms with Gasteiger partial charge in [-0.2, -0.15) is 0 Å². The monoisotopic (exact) mass is 262 g/mol. The molecule has 1 aromatic rings. The summed E-state index contributed by atoms with van der Waals surface area (Å²) in [6.45, 7) is 11.6. The van der Waals surface area contributed by atoms with E-state index in [1.54, 1.807) is 0 Å². The van der Waals surface area contributed by atoms with Gasteiger partial charge in [0.15, 0.2) is 0 Å². The fraction of sp³-hybridized carbons (Fsp3) is 0.562. The van der Waals surface area contributed by atoms with Crippen molar-refractivity contribution in [2.75, 3.05) is 18.4 Å². The van der Waals surface area contributed by atoms with Crippen molar-refractivity contribution >= 4 is 11.6 Å². The average Bonchev–Trinajstić information content (AvgIpc) is 2.34. The van der Waals surface area contributed by atoms with E-state index in [0.717, 1.165) is 12.2 Å². The van der Waals surface area contributed by atoms with E-state index < -0.39 is 0 Å². The Balaban J connectivity index is 2.64. The molecule has 0 aliphatic rings. The standard InChI is InChI=1S/C16H26N2O/c1-11(2)9-17-15(19)10-18-16-13(5)7-6-8-14(16)12(3)4/h6-8,11-12,18H,9-10H2,1-5H3,(H,17,19). The van der Waals surface area contributed by atoms with E-state index in [2.05, 4.69) is 63.5 Å². The Hall–Kier alpha value is -1.51. The Morgan fingerprint density at radius 1 is 1.21 bits per heavy atom. The fourth-order valence-corrected chi connectivity index (χ4v) is 1.96. The lowest BCUT2D eigenvalue weighted by molar-refractivity contribution is -0.119. The summed E-state index contributed by atoms with van der Waals surface area (Å²) in [5, 5.41) is 6.19. The first-order valence-corrected chi connectivity index (χ1v) is 7.02. The molecule has 0 aliphatic carbocycles. The number of nitrogens with one attached hydrogen (secondary N) is 2. The molecule has 3 heteroatoms. The van der Waals surface area contributed by atoms with E-state index in [1.807, 2.05) is 0 Å². The maximum absolute atomic E-state index is 11.7. The number of para-hydroxylation sites is 1. The van der Waals surface area contributed by atoms with Crippen LogP contribution in [0.15, 0.2) is 18.2 Å². The first-order chi connectivity index (χ1) is 8.91. The quantitative estimate of drug-likeness (QED) is 0.826.